The van der Waals surface area contributed by atoms with Crippen LogP contribution < -0.4 is 10.5 Å². The largest absolute Gasteiger partial charge is 0.494 e. The van der Waals surface area contributed by atoms with Gasteiger partial charge in [0.15, 0.2) is 0 Å². The topological polar surface area (TPSA) is 60.0 Å². The summed E-state index contributed by atoms with van der Waals surface area (Å²) in [6.07, 6.45) is 5.54. The quantitative estimate of drug-likeness (QED) is 0.108. The molecule has 5 aromatic carbocycles. The van der Waals surface area contributed by atoms with Crippen molar-refractivity contribution in [2.45, 2.75) is 39.0 Å². The monoisotopic (exact) mass is 513 g/mol. The number of unbranched alkanes of at least 4 members (excludes halogenated alkanes) is 3. The maximum Gasteiger partial charge on any atom is 0.119 e. The highest BCUT2D eigenvalue weighted by molar-refractivity contribution is 6.05. The zero-order chi connectivity index (χ0) is 26.9. The number of rotatable bonds is 11. The van der Waals surface area contributed by atoms with E-state index in [0.29, 0.717) is 0 Å². The minimum Gasteiger partial charge on any atom is -0.494 e. The summed E-state index contributed by atoms with van der Waals surface area (Å²) >= 11 is 0. The zero-order valence-corrected chi connectivity index (χ0v) is 22.5. The van der Waals surface area contributed by atoms with Crippen molar-refractivity contribution in [3.63, 3.8) is 0 Å². The van der Waals surface area contributed by atoms with Gasteiger partial charge in [0.1, 0.15) is 5.75 Å². The van der Waals surface area contributed by atoms with E-state index in [1.165, 1.54) is 24.8 Å². The third-order valence-corrected chi connectivity index (χ3v) is 6.98. The second-order valence-electron chi connectivity index (χ2n) is 9.83. The van der Waals surface area contributed by atoms with Gasteiger partial charge >= 0.3 is 0 Å². The Labute approximate surface area is 231 Å². The van der Waals surface area contributed by atoms with Crippen LogP contribution in [0.25, 0.3) is 21.9 Å². The van der Waals surface area contributed by atoms with Crippen molar-refractivity contribution < 1.29 is 4.74 Å². The minimum absolute atomic E-state index is 0.730. The van der Waals surface area contributed by atoms with E-state index in [4.69, 9.17) is 10.5 Å². The molecular weight excluding hydrogens is 478 g/mol. The molecule has 0 saturated carbocycles. The van der Waals surface area contributed by atoms with Gasteiger partial charge in [0.2, 0.25) is 0 Å². The number of nitrogens with zero attached hydrogens (tertiary/aromatic N) is 2. The maximum absolute atomic E-state index is 6.76. The number of hydrogen-bond acceptors (Lipinski definition) is 4. The summed E-state index contributed by atoms with van der Waals surface area (Å²) in [5.74, 6) is 0.917. The standard InChI is InChI=1S/C35H35N3O/c1-2-3-4-12-23-39-29-21-19-26(20-22-29)24-27-25-33(30-15-8-9-17-32(30)35(27)36)31-16-10-11-18-34(31)38-37-28-13-6-5-7-14-28/h5-11,13-22,25H,2-4,12,23-24,36H2,1H3. The van der Waals surface area contributed by atoms with Crippen LogP contribution in [0.5, 0.6) is 5.75 Å². The van der Waals surface area contributed by atoms with Gasteiger partial charge in [-0.15, -0.1) is 5.11 Å². The fourth-order valence-electron chi connectivity index (χ4n) is 4.86. The van der Waals surface area contributed by atoms with Crippen molar-refractivity contribution in [3.8, 4) is 16.9 Å². The third kappa shape index (κ3) is 6.53. The molecule has 0 saturated heterocycles. The number of azo groups is 1. The first-order valence-corrected chi connectivity index (χ1v) is 13.8. The van der Waals surface area contributed by atoms with E-state index >= 15 is 0 Å². The van der Waals surface area contributed by atoms with Gasteiger partial charge in [-0.3, -0.25) is 0 Å². The maximum atomic E-state index is 6.76. The number of benzene rings is 5. The summed E-state index contributed by atoms with van der Waals surface area (Å²) in [7, 11) is 0. The second kappa shape index (κ2) is 12.9. The lowest BCUT2D eigenvalue weighted by molar-refractivity contribution is 0.305. The van der Waals surface area contributed by atoms with Crippen molar-refractivity contribution >= 4 is 27.8 Å². The van der Waals surface area contributed by atoms with Crippen LogP contribution in [-0.2, 0) is 6.42 Å². The molecule has 0 amide bonds. The number of nitrogens with two attached hydrogens (primary N) is 1. The van der Waals surface area contributed by atoms with Gasteiger partial charge in [-0.2, -0.15) is 5.11 Å². The molecule has 4 nitrogen and oxygen atoms in total. The van der Waals surface area contributed by atoms with E-state index in [2.05, 4.69) is 71.7 Å². The molecule has 4 heteroatoms. The Hall–Kier alpha value is -4.44. The first-order valence-electron chi connectivity index (χ1n) is 13.8. The molecule has 5 aromatic rings. The van der Waals surface area contributed by atoms with E-state index in [9.17, 15) is 0 Å². The van der Waals surface area contributed by atoms with Gasteiger partial charge in [-0.05, 0) is 71.3 Å². The van der Waals surface area contributed by atoms with Crippen LogP contribution >= 0.6 is 0 Å². The fourth-order valence-corrected chi connectivity index (χ4v) is 4.86. The smallest absolute Gasteiger partial charge is 0.119 e. The summed E-state index contributed by atoms with van der Waals surface area (Å²) in [6.45, 7) is 2.99. The van der Waals surface area contributed by atoms with Gasteiger partial charge in [-0.25, -0.2) is 0 Å². The van der Waals surface area contributed by atoms with Gasteiger partial charge in [0.25, 0.3) is 0 Å². The molecule has 0 radical (unpaired) electrons. The van der Waals surface area contributed by atoms with Crippen molar-refractivity contribution in [3.05, 3.63) is 120 Å². The molecule has 0 spiro atoms. The molecule has 0 atom stereocenters. The van der Waals surface area contributed by atoms with Crippen molar-refractivity contribution in [1.29, 1.82) is 0 Å². The molecule has 0 aliphatic heterocycles. The Morgan fingerprint density at radius 2 is 1.38 bits per heavy atom. The SMILES string of the molecule is CCCCCCOc1ccc(Cc2cc(-c3ccccc3N=Nc3ccccc3)c3ccccc3c2N)cc1. The summed E-state index contributed by atoms with van der Waals surface area (Å²) in [6, 6.07) is 36.9. The van der Waals surface area contributed by atoms with Crippen LogP contribution in [0.3, 0.4) is 0 Å². The Balaban J connectivity index is 1.45. The molecular formula is C35H35N3O. The highest BCUT2D eigenvalue weighted by Crippen LogP contribution is 2.40. The highest BCUT2D eigenvalue weighted by Gasteiger charge is 2.14. The van der Waals surface area contributed by atoms with Gasteiger partial charge in [0.05, 0.1) is 18.0 Å². The molecule has 196 valence electrons. The first-order chi connectivity index (χ1) is 19.2. The van der Waals surface area contributed by atoms with Gasteiger partial charge < -0.3 is 10.5 Å². The Kier molecular flexibility index (Phi) is 8.64. The molecule has 0 bridgehead atoms. The molecule has 0 unspecified atom stereocenters. The molecule has 39 heavy (non-hydrogen) atoms. The fraction of sp³-hybridized carbons (Fsp3) is 0.200. The third-order valence-electron chi connectivity index (χ3n) is 6.98. The second-order valence-corrected chi connectivity index (χ2v) is 9.83. The lowest BCUT2D eigenvalue weighted by Crippen LogP contribution is -2.00. The molecule has 0 heterocycles. The van der Waals surface area contributed by atoms with Crippen molar-refractivity contribution in [2.75, 3.05) is 12.3 Å². The molecule has 2 N–H and O–H groups in total. The predicted molar refractivity (Wildman–Crippen MR) is 163 cm³/mol. The van der Waals surface area contributed by atoms with E-state index in [1.54, 1.807) is 0 Å². The summed E-state index contributed by atoms with van der Waals surface area (Å²) in [4.78, 5) is 0. The van der Waals surface area contributed by atoms with E-state index in [0.717, 1.165) is 69.7 Å². The molecule has 0 aliphatic rings. The van der Waals surface area contributed by atoms with Crippen LogP contribution in [-0.4, -0.2) is 6.61 Å². The predicted octanol–water partition coefficient (Wildman–Crippen LogP) is 10.1. The van der Waals surface area contributed by atoms with Crippen LogP contribution in [0.15, 0.2) is 119 Å². The number of ether oxygens (including phenoxy) is 1. The van der Waals surface area contributed by atoms with Crippen LogP contribution in [0, 0.1) is 0 Å². The van der Waals surface area contributed by atoms with E-state index in [1.807, 2.05) is 54.6 Å². The lowest BCUT2D eigenvalue weighted by atomic mass is 9.91. The molecule has 0 fully saturated rings. The summed E-state index contributed by atoms with van der Waals surface area (Å²) < 4.78 is 5.94. The highest BCUT2D eigenvalue weighted by atomic mass is 16.5. The number of hydrogen-bond donors (Lipinski definition) is 1. The average molecular weight is 514 g/mol. The van der Waals surface area contributed by atoms with E-state index in [-0.39, 0.29) is 0 Å². The molecule has 0 aliphatic carbocycles. The first kappa shape index (κ1) is 26.2. The lowest BCUT2D eigenvalue weighted by Gasteiger charge is -2.16. The normalized spacial score (nSPS) is 11.3. The Morgan fingerprint density at radius 1 is 0.667 bits per heavy atom. The van der Waals surface area contributed by atoms with Crippen molar-refractivity contribution in [1.82, 2.24) is 0 Å². The molecule has 5 rings (SSSR count). The number of nitrogen functional groups attached to an aromatic ring is 1. The summed E-state index contributed by atoms with van der Waals surface area (Å²) in [5, 5.41) is 11.3. The minimum atomic E-state index is 0.730. The van der Waals surface area contributed by atoms with Crippen LogP contribution in [0.2, 0.25) is 0 Å². The van der Waals surface area contributed by atoms with E-state index < -0.39 is 0 Å². The molecule has 0 aromatic heterocycles. The Morgan fingerprint density at radius 3 is 2.18 bits per heavy atom. The van der Waals surface area contributed by atoms with Crippen molar-refractivity contribution in [2.24, 2.45) is 10.2 Å². The number of anilines is 1. The average Bonchev–Trinajstić information content (AvgIpc) is 2.99. The summed E-state index contributed by atoms with van der Waals surface area (Å²) in [5.41, 5.74) is 13.6. The number of fused-ring (bicyclic) bond motifs is 1. The zero-order valence-electron chi connectivity index (χ0n) is 22.5. The van der Waals surface area contributed by atoms with Gasteiger partial charge in [0, 0.05) is 16.6 Å². The van der Waals surface area contributed by atoms with Gasteiger partial charge in [-0.1, -0.05) is 99.0 Å². The Bertz CT molecular complexity index is 1540. The van der Waals surface area contributed by atoms with Crippen LogP contribution in [0.4, 0.5) is 17.1 Å². The van der Waals surface area contributed by atoms with Crippen LogP contribution in [0.1, 0.15) is 43.7 Å².